The Kier molecular flexibility index (Phi) is 2.95. The zero-order chi connectivity index (χ0) is 12.4. The Morgan fingerprint density at radius 2 is 2.35 bits per heavy atom. The van der Waals surface area contributed by atoms with Crippen LogP contribution < -0.4 is 9.64 Å². The number of anilines is 1. The van der Waals surface area contributed by atoms with Gasteiger partial charge in [0, 0.05) is 6.07 Å². The van der Waals surface area contributed by atoms with Gasteiger partial charge in [-0.3, -0.25) is 14.5 Å². The fourth-order valence-corrected chi connectivity index (χ4v) is 1.55. The molecule has 1 amide bonds. The molecular formula is C11H10FNO4. The SMILES string of the molecule is COC(=O)CN1C(=O)COc2cc(F)ccc21. The van der Waals surface area contributed by atoms with Gasteiger partial charge in [-0.05, 0) is 12.1 Å². The second kappa shape index (κ2) is 4.40. The summed E-state index contributed by atoms with van der Waals surface area (Å²) < 4.78 is 22.5. The number of amides is 1. The van der Waals surface area contributed by atoms with E-state index < -0.39 is 11.8 Å². The molecule has 0 radical (unpaired) electrons. The number of carbonyl (C=O) groups excluding carboxylic acids is 2. The first-order valence-corrected chi connectivity index (χ1v) is 4.91. The lowest BCUT2D eigenvalue weighted by Crippen LogP contribution is -2.42. The average molecular weight is 239 g/mol. The van der Waals surface area contributed by atoms with E-state index in [0.29, 0.717) is 5.69 Å². The highest BCUT2D eigenvalue weighted by Gasteiger charge is 2.27. The molecule has 17 heavy (non-hydrogen) atoms. The molecule has 0 spiro atoms. The van der Waals surface area contributed by atoms with Crippen LogP contribution in [-0.4, -0.2) is 32.1 Å². The summed E-state index contributed by atoms with van der Waals surface area (Å²) in [7, 11) is 1.23. The second-order valence-electron chi connectivity index (χ2n) is 3.46. The van der Waals surface area contributed by atoms with Gasteiger partial charge in [-0.25, -0.2) is 4.39 Å². The van der Waals surface area contributed by atoms with E-state index in [-0.39, 0.29) is 24.8 Å². The van der Waals surface area contributed by atoms with Gasteiger partial charge < -0.3 is 9.47 Å². The van der Waals surface area contributed by atoms with Gasteiger partial charge in [0.15, 0.2) is 6.61 Å². The molecule has 5 nitrogen and oxygen atoms in total. The van der Waals surface area contributed by atoms with E-state index in [4.69, 9.17) is 4.74 Å². The zero-order valence-corrected chi connectivity index (χ0v) is 9.10. The maximum absolute atomic E-state index is 13.0. The summed E-state index contributed by atoms with van der Waals surface area (Å²) in [5.41, 5.74) is 0.369. The predicted molar refractivity (Wildman–Crippen MR) is 56.3 cm³/mol. The first-order valence-electron chi connectivity index (χ1n) is 4.91. The second-order valence-corrected chi connectivity index (χ2v) is 3.46. The normalized spacial score (nSPS) is 14.0. The van der Waals surface area contributed by atoms with Gasteiger partial charge in [0.1, 0.15) is 18.1 Å². The smallest absolute Gasteiger partial charge is 0.325 e. The Bertz CT molecular complexity index is 475. The van der Waals surface area contributed by atoms with Crippen LogP contribution in [0.25, 0.3) is 0 Å². The first kappa shape index (κ1) is 11.4. The summed E-state index contributed by atoms with van der Waals surface area (Å²) in [6.07, 6.45) is 0. The third kappa shape index (κ3) is 2.20. The molecule has 0 saturated heterocycles. The monoisotopic (exact) mass is 239 g/mol. The lowest BCUT2D eigenvalue weighted by molar-refractivity contribution is -0.140. The molecule has 1 aromatic rings. The van der Waals surface area contributed by atoms with Crippen molar-refractivity contribution in [3.8, 4) is 5.75 Å². The molecule has 0 atom stereocenters. The number of nitrogens with zero attached hydrogens (tertiary/aromatic N) is 1. The summed E-state index contributed by atoms with van der Waals surface area (Å²) in [5, 5.41) is 0. The molecule has 1 aromatic carbocycles. The van der Waals surface area contributed by atoms with Gasteiger partial charge in [-0.1, -0.05) is 0 Å². The molecule has 90 valence electrons. The average Bonchev–Trinajstić information content (AvgIpc) is 2.32. The van der Waals surface area contributed by atoms with Gasteiger partial charge in [0.2, 0.25) is 0 Å². The van der Waals surface area contributed by atoms with Crippen LogP contribution in [0.3, 0.4) is 0 Å². The van der Waals surface area contributed by atoms with Gasteiger partial charge in [-0.15, -0.1) is 0 Å². The maximum atomic E-state index is 13.0. The van der Waals surface area contributed by atoms with E-state index in [1.54, 1.807) is 0 Å². The Balaban J connectivity index is 2.33. The fourth-order valence-electron chi connectivity index (χ4n) is 1.55. The van der Waals surface area contributed by atoms with Crippen molar-refractivity contribution in [3.63, 3.8) is 0 Å². The molecule has 0 fully saturated rings. The van der Waals surface area contributed by atoms with Crippen molar-refractivity contribution < 1.29 is 23.5 Å². The van der Waals surface area contributed by atoms with Crippen LogP contribution in [-0.2, 0) is 14.3 Å². The number of carbonyl (C=O) groups is 2. The van der Waals surface area contributed by atoms with Crippen LogP contribution in [0.1, 0.15) is 0 Å². The van der Waals surface area contributed by atoms with Crippen LogP contribution in [0.5, 0.6) is 5.75 Å². The summed E-state index contributed by atoms with van der Waals surface area (Å²) >= 11 is 0. The number of esters is 1. The van der Waals surface area contributed by atoms with Crippen molar-refractivity contribution in [2.24, 2.45) is 0 Å². The minimum Gasteiger partial charge on any atom is -0.481 e. The summed E-state index contributed by atoms with van der Waals surface area (Å²) in [5.74, 6) is -1.13. The standard InChI is InChI=1S/C11H10FNO4/c1-16-11(15)5-13-8-3-2-7(12)4-9(8)17-6-10(13)14/h2-4H,5-6H2,1H3. The van der Waals surface area contributed by atoms with E-state index in [9.17, 15) is 14.0 Å². The molecule has 0 aliphatic carbocycles. The van der Waals surface area contributed by atoms with Crippen molar-refractivity contribution in [3.05, 3.63) is 24.0 Å². The molecule has 1 aliphatic rings. The molecule has 2 rings (SSSR count). The van der Waals surface area contributed by atoms with E-state index in [1.165, 1.54) is 30.2 Å². The summed E-state index contributed by atoms with van der Waals surface area (Å²) in [6.45, 7) is -0.426. The Hall–Kier alpha value is -2.11. The Morgan fingerprint density at radius 1 is 1.59 bits per heavy atom. The third-order valence-corrected chi connectivity index (χ3v) is 2.38. The van der Waals surface area contributed by atoms with E-state index >= 15 is 0 Å². The van der Waals surface area contributed by atoms with Crippen LogP contribution in [0.2, 0.25) is 0 Å². The Morgan fingerprint density at radius 3 is 3.06 bits per heavy atom. The molecule has 0 bridgehead atoms. The predicted octanol–water partition coefficient (Wildman–Crippen LogP) is 0.724. The number of hydrogen-bond donors (Lipinski definition) is 0. The van der Waals surface area contributed by atoms with Gasteiger partial charge in [-0.2, -0.15) is 0 Å². The van der Waals surface area contributed by atoms with Gasteiger partial charge >= 0.3 is 5.97 Å². The van der Waals surface area contributed by atoms with Crippen molar-refractivity contribution in [1.82, 2.24) is 0 Å². The Labute approximate surface area is 96.7 Å². The number of ether oxygens (including phenoxy) is 2. The van der Waals surface area contributed by atoms with Crippen molar-refractivity contribution in [1.29, 1.82) is 0 Å². The number of benzene rings is 1. The molecule has 1 heterocycles. The lowest BCUT2D eigenvalue weighted by atomic mass is 10.2. The third-order valence-electron chi connectivity index (χ3n) is 2.38. The molecule has 6 heteroatoms. The van der Waals surface area contributed by atoms with E-state index in [1.807, 2.05) is 0 Å². The molecule has 0 N–H and O–H groups in total. The number of fused-ring (bicyclic) bond motifs is 1. The first-order chi connectivity index (χ1) is 8.11. The van der Waals surface area contributed by atoms with Crippen LogP contribution in [0, 0.1) is 5.82 Å². The van der Waals surface area contributed by atoms with Crippen molar-refractivity contribution >= 4 is 17.6 Å². The number of methoxy groups -OCH3 is 1. The van der Waals surface area contributed by atoms with Gasteiger partial charge in [0.25, 0.3) is 5.91 Å². The fraction of sp³-hybridized carbons (Fsp3) is 0.273. The van der Waals surface area contributed by atoms with E-state index in [2.05, 4.69) is 4.74 Å². The van der Waals surface area contributed by atoms with Crippen LogP contribution in [0.15, 0.2) is 18.2 Å². The van der Waals surface area contributed by atoms with Crippen LogP contribution in [0.4, 0.5) is 10.1 Å². The summed E-state index contributed by atoms with van der Waals surface area (Å²) in [4.78, 5) is 24.0. The van der Waals surface area contributed by atoms with Crippen LogP contribution >= 0.6 is 0 Å². The molecular weight excluding hydrogens is 229 g/mol. The molecule has 0 aromatic heterocycles. The highest BCUT2D eigenvalue weighted by Crippen LogP contribution is 2.32. The summed E-state index contributed by atoms with van der Waals surface area (Å²) in [6, 6.07) is 3.77. The highest BCUT2D eigenvalue weighted by atomic mass is 19.1. The minimum absolute atomic E-state index is 0.211. The lowest BCUT2D eigenvalue weighted by Gasteiger charge is -2.28. The number of halogens is 1. The molecule has 0 saturated carbocycles. The van der Waals surface area contributed by atoms with Crippen molar-refractivity contribution in [2.75, 3.05) is 25.2 Å². The zero-order valence-electron chi connectivity index (χ0n) is 9.10. The maximum Gasteiger partial charge on any atom is 0.325 e. The van der Waals surface area contributed by atoms with E-state index in [0.717, 1.165) is 0 Å². The largest absolute Gasteiger partial charge is 0.481 e. The van der Waals surface area contributed by atoms with Gasteiger partial charge in [0.05, 0.1) is 12.8 Å². The molecule has 0 unspecified atom stereocenters. The van der Waals surface area contributed by atoms with Crippen molar-refractivity contribution in [2.45, 2.75) is 0 Å². The number of hydrogen-bond acceptors (Lipinski definition) is 4. The number of rotatable bonds is 2. The highest BCUT2D eigenvalue weighted by molar-refractivity contribution is 6.01. The topological polar surface area (TPSA) is 55.8 Å². The minimum atomic E-state index is -0.546. The molecule has 1 aliphatic heterocycles. The quantitative estimate of drug-likeness (QED) is 0.714.